The number of carbonyl (C=O) groups is 2. The third kappa shape index (κ3) is 4.39. The number of rotatable bonds is 5. The van der Waals surface area contributed by atoms with E-state index in [1.807, 2.05) is 0 Å². The van der Waals surface area contributed by atoms with Crippen LogP contribution >= 0.6 is 0 Å². The summed E-state index contributed by atoms with van der Waals surface area (Å²) < 4.78 is 16.3. The molecule has 0 fully saturated rings. The number of nitrogens with zero attached hydrogens (tertiary/aromatic N) is 1. The smallest absolute Gasteiger partial charge is 0.330 e. The summed E-state index contributed by atoms with van der Waals surface area (Å²) in [6, 6.07) is 0. The first-order chi connectivity index (χ1) is 10.9. The predicted octanol–water partition coefficient (Wildman–Crippen LogP) is -0.384. The van der Waals surface area contributed by atoms with Gasteiger partial charge in [0.25, 0.3) is 5.56 Å². The average Bonchev–Trinajstić information content (AvgIpc) is 2.92. The van der Waals surface area contributed by atoms with Gasteiger partial charge in [0.1, 0.15) is 19.3 Å². The number of nitrogens with one attached hydrogen (secondary N) is 1. The molecule has 9 nitrogen and oxygen atoms in total. The summed E-state index contributed by atoms with van der Waals surface area (Å²) in [5.41, 5.74) is -1.18. The van der Waals surface area contributed by atoms with Gasteiger partial charge in [-0.3, -0.25) is 23.9 Å². The second kappa shape index (κ2) is 7.05. The highest BCUT2D eigenvalue weighted by Crippen LogP contribution is 2.19. The van der Waals surface area contributed by atoms with Crippen molar-refractivity contribution in [1.29, 1.82) is 0 Å². The van der Waals surface area contributed by atoms with Gasteiger partial charge in [-0.25, -0.2) is 4.79 Å². The van der Waals surface area contributed by atoms with Crippen LogP contribution in [0.25, 0.3) is 0 Å². The van der Waals surface area contributed by atoms with E-state index in [4.69, 9.17) is 14.2 Å². The van der Waals surface area contributed by atoms with Gasteiger partial charge >= 0.3 is 17.6 Å². The zero-order chi connectivity index (χ0) is 17.0. The topological polar surface area (TPSA) is 117 Å². The molecule has 0 unspecified atom stereocenters. The van der Waals surface area contributed by atoms with Crippen molar-refractivity contribution >= 4 is 11.9 Å². The first-order valence-electron chi connectivity index (χ1n) is 6.81. The SMILES string of the molecule is CC(=O)OCc1cn([C@H]2C=C[C@@H](COC(C)=O)O2)c(=O)[nH]c1=O. The number of aromatic nitrogens is 2. The summed E-state index contributed by atoms with van der Waals surface area (Å²) in [6.07, 6.45) is 3.28. The lowest BCUT2D eigenvalue weighted by Crippen LogP contribution is -2.34. The van der Waals surface area contributed by atoms with E-state index in [-0.39, 0.29) is 18.8 Å². The molecule has 0 spiro atoms. The Morgan fingerprint density at radius 2 is 1.91 bits per heavy atom. The van der Waals surface area contributed by atoms with Crippen LogP contribution in [0.5, 0.6) is 0 Å². The van der Waals surface area contributed by atoms with Crippen molar-refractivity contribution in [2.24, 2.45) is 0 Å². The number of H-pyrrole nitrogens is 1. The van der Waals surface area contributed by atoms with E-state index in [0.29, 0.717) is 0 Å². The van der Waals surface area contributed by atoms with Gasteiger partial charge in [0.15, 0.2) is 6.23 Å². The second-order valence-electron chi connectivity index (χ2n) is 4.85. The predicted molar refractivity (Wildman–Crippen MR) is 76.5 cm³/mol. The molecular weight excluding hydrogens is 308 g/mol. The first-order valence-corrected chi connectivity index (χ1v) is 6.81. The fraction of sp³-hybridized carbons (Fsp3) is 0.429. The number of carbonyl (C=O) groups excluding carboxylic acids is 2. The molecule has 0 saturated heterocycles. The zero-order valence-corrected chi connectivity index (χ0v) is 12.6. The minimum absolute atomic E-state index is 0.0285. The van der Waals surface area contributed by atoms with Crippen molar-refractivity contribution in [3.05, 3.63) is 44.8 Å². The van der Waals surface area contributed by atoms with Crippen LogP contribution in [0, 0.1) is 0 Å². The standard InChI is InChI=1S/C14H16N2O7/c1-8(17)21-6-10-5-16(14(20)15-13(10)19)12-4-3-11(23-12)7-22-9(2)18/h3-5,11-12H,6-7H2,1-2H3,(H,15,19,20)/t11-,12+/m0/s1. The summed E-state index contributed by atoms with van der Waals surface area (Å²) in [5.74, 6) is -0.976. The average molecular weight is 324 g/mol. The summed E-state index contributed by atoms with van der Waals surface area (Å²) in [5, 5.41) is 0. The number of esters is 2. The van der Waals surface area contributed by atoms with E-state index in [2.05, 4.69) is 4.98 Å². The van der Waals surface area contributed by atoms with Gasteiger partial charge in [0.05, 0.1) is 5.56 Å². The third-order valence-corrected chi connectivity index (χ3v) is 3.00. The maximum Gasteiger partial charge on any atom is 0.330 e. The lowest BCUT2D eigenvalue weighted by molar-refractivity contribution is -0.145. The summed E-state index contributed by atoms with van der Waals surface area (Å²) in [4.78, 5) is 47.3. The molecule has 2 atom stereocenters. The quantitative estimate of drug-likeness (QED) is 0.579. The largest absolute Gasteiger partial charge is 0.463 e. The van der Waals surface area contributed by atoms with E-state index >= 15 is 0 Å². The highest BCUT2D eigenvalue weighted by Gasteiger charge is 2.23. The molecule has 9 heteroatoms. The Balaban J connectivity index is 2.14. The number of hydrogen-bond donors (Lipinski definition) is 1. The Hall–Kier alpha value is -2.68. The highest BCUT2D eigenvalue weighted by molar-refractivity contribution is 5.66. The van der Waals surface area contributed by atoms with Gasteiger partial charge in [0.2, 0.25) is 0 Å². The Morgan fingerprint density at radius 3 is 2.57 bits per heavy atom. The summed E-state index contributed by atoms with van der Waals surface area (Å²) in [7, 11) is 0. The van der Waals surface area contributed by atoms with E-state index in [1.165, 1.54) is 20.0 Å². The molecule has 0 amide bonds. The van der Waals surface area contributed by atoms with Crippen LogP contribution in [-0.2, 0) is 30.4 Å². The molecule has 1 aliphatic rings. The lowest BCUT2D eigenvalue weighted by atomic mass is 10.3. The van der Waals surface area contributed by atoms with Crippen LogP contribution in [0.15, 0.2) is 27.9 Å². The zero-order valence-electron chi connectivity index (χ0n) is 12.6. The molecule has 1 aromatic rings. The maximum atomic E-state index is 11.9. The molecule has 0 saturated carbocycles. The van der Waals surface area contributed by atoms with Gasteiger partial charge in [-0.05, 0) is 6.08 Å². The fourth-order valence-corrected chi connectivity index (χ4v) is 1.94. The normalized spacial score (nSPS) is 19.6. The van der Waals surface area contributed by atoms with Crippen LogP contribution in [0.1, 0.15) is 25.6 Å². The van der Waals surface area contributed by atoms with Crippen molar-refractivity contribution in [3.8, 4) is 0 Å². The van der Waals surface area contributed by atoms with E-state index in [0.717, 1.165) is 4.57 Å². The van der Waals surface area contributed by atoms with Crippen molar-refractivity contribution < 1.29 is 23.8 Å². The summed E-state index contributed by atoms with van der Waals surface area (Å²) in [6.45, 7) is 2.27. The number of ether oxygens (including phenoxy) is 3. The Morgan fingerprint density at radius 1 is 1.22 bits per heavy atom. The van der Waals surface area contributed by atoms with Gasteiger partial charge in [0, 0.05) is 20.0 Å². The van der Waals surface area contributed by atoms with Crippen molar-refractivity contribution in [3.63, 3.8) is 0 Å². The van der Waals surface area contributed by atoms with Crippen LogP contribution in [0.3, 0.4) is 0 Å². The Kier molecular flexibility index (Phi) is 5.12. The molecule has 1 aromatic heterocycles. The van der Waals surface area contributed by atoms with Crippen LogP contribution < -0.4 is 11.2 Å². The molecule has 0 radical (unpaired) electrons. The number of hydrogen-bond acceptors (Lipinski definition) is 7. The van der Waals surface area contributed by atoms with Crippen molar-refractivity contribution in [1.82, 2.24) is 9.55 Å². The first kappa shape index (κ1) is 16.7. The Labute approximate surface area is 130 Å². The molecule has 0 aliphatic carbocycles. The number of aromatic amines is 1. The lowest BCUT2D eigenvalue weighted by Gasteiger charge is -2.16. The molecule has 2 heterocycles. The minimum Gasteiger partial charge on any atom is -0.463 e. The maximum absolute atomic E-state index is 11.9. The molecule has 0 aromatic carbocycles. The molecule has 1 aliphatic heterocycles. The summed E-state index contributed by atoms with van der Waals surface area (Å²) >= 11 is 0. The molecule has 124 valence electrons. The fourth-order valence-electron chi connectivity index (χ4n) is 1.94. The van der Waals surface area contributed by atoms with E-state index < -0.39 is 35.5 Å². The van der Waals surface area contributed by atoms with Crippen molar-refractivity contribution in [2.75, 3.05) is 6.61 Å². The monoisotopic (exact) mass is 324 g/mol. The van der Waals surface area contributed by atoms with Gasteiger partial charge in [-0.1, -0.05) is 6.08 Å². The van der Waals surface area contributed by atoms with Gasteiger partial charge in [-0.15, -0.1) is 0 Å². The molecule has 1 N–H and O–H groups in total. The molecule has 0 bridgehead atoms. The molecule has 2 rings (SSSR count). The molecule has 23 heavy (non-hydrogen) atoms. The minimum atomic E-state index is -0.754. The van der Waals surface area contributed by atoms with Crippen LogP contribution in [0.2, 0.25) is 0 Å². The van der Waals surface area contributed by atoms with Gasteiger partial charge < -0.3 is 14.2 Å². The van der Waals surface area contributed by atoms with E-state index in [1.54, 1.807) is 12.2 Å². The van der Waals surface area contributed by atoms with E-state index in [9.17, 15) is 19.2 Å². The van der Waals surface area contributed by atoms with Crippen molar-refractivity contribution in [2.45, 2.75) is 32.8 Å². The second-order valence-corrected chi connectivity index (χ2v) is 4.85. The Bertz CT molecular complexity index is 746. The molecular formula is C14H16N2O7. The van der Waals surface area contributed by atoms with Crippen LogP contribution in [-0.4, -0.2) is 34.2 Å². The third-order valence-electron chi connectivity index (χ3n) is 3.00. The van der Waals surface area contributed by atoms with Gasteiger partial charge in [-0.2, -0.15) is 0 Å². The highest BCUT2D eigenvalue weighted by atomic mass is 16.6. The van der Waals surface area contributed by atoms with Crippen LogP contribution in [0.4, 0.5) is 0 Å².